The number of benzene rings is 1. The Morgan fingerprint density at radius 2 is 2.03 bits per heavy atom. The van der Waals surface area contributed by atoms with E-state index in [1.807, 2.05) is 0 Å². The number of hydrogen-bond donors (Lipinski definition) is 4. The molecule has 1 unspecified atom stereocenters. The third-order valence-electron chi connectivity index (χ3n) is 5.28. The van der Waals surface area contributed by atoms with E-state index >= 15 is 0 Å². The normalized spacial score (nSPS) is 15.9. The van der Waals surface area contributed by atoms with Crippen LogP contribution in [0.25, 0.3) is 0 Å². The van der Waals surface area contributed by atoms with Crippen LogP contribution in [0.15, 0.2) is 12.1 Å². The zero-order valence-corrected chi connectivity index (χ0v) is 19.9. The van der Waals surface area contributed by atoms with Gasteiger partial charge in [0.15, 0.2) is 0 Å². The number of primary amides is 1. The van der Waals surface area contributed by atoms with Crippen LogP contribution in [0.5, 0.6) is 5.88 Å². The van der Waals surface area contributed by atoms with Crippen LogP contribution in [-0.2, 0) is 6.61 Å². The van der Waals surface area contributed by atoms with Crippen LogP contribution >= 0.6 is 23.1 Å². The number of ether oxygens (including phenoxy) is 1. The number of hydrogen-bond acceptors (Lipinski definition) is 7. The van der Waals surface area contributed by atoms with Crippen molar-refractivity contribution in [2.45, 2.75) is 38.4 Å². The smallest absolute Gasteiger partial charge is 0.319 e. The second-order valence-corrected chi connectivity index (χ2v) is 9.09. The topological polar surface area (TPSA) is 130 Å². The zero-order valence-electron chi connectivity index (χ0n) is 18.3. The lowest BCUT2D eigenvalue weighted by Crippen LogP contribution is -2.30. The highest BCUT2D eigenvalue weighted by atomic mass is 35.5. The van der Waals surface area contributed by atoms with Crippen molar-refractivity contribution in [1.29, 1.82) is 0 Å². The van der Waals surface area contributed by atoms with Gasteiger partial charge in [0.25, 0.3) is 5.91 Å². The van der Waals surface area contributed by atoms with E-state index in [0.717, 1.165) is 62.4 Å². The Morgan fingerprint density at radius 1 is 1.29 bits per heavy atom. The number of halogens is 3. The molecule has 9 nitrogen and oxygen atoms in total. The lowest BCUT2D eigenvalue weighted by atomic mass is 10.2. The first-order valence-corrected chi connectivity index (χ1v) is 11.9. The number of aliphatic hydroxyl groups excluding tert-OH is 1. The van der Waals surface area contributed by atoms with Crippen LogP contribution in [0.2, 0.25) is 5.02 Å². The van der Waals surface area contributed by atoms with Crippen molar-refractivity contribution in [1.82, 2.24) is 14.6 Å². The number of anilines is 1. The molecule has 13 heteroatoms. The van der Waals surface area contributed by atoms with Gasteiger partial charge in [0.2, 0.25) is 5.88 Å². The summed E-state index contributed by atoms with van der Waals surface area (Å²) in [5.74, 6) is -2.97. The number of likely N-dealkylation sites (tertiary alicyclic amines) is 1. The van der Waals surface area contributed by atoms with Gasteiger partial charge in [-0.3, -0.25) is 10.1 Å². The molecule has 1 aliphatic rings. The van der Waals surface area contributed by atoms with Crippen molar-refractivity contribution in [3.63, 3.8) is 0 Å². The third kappa shape index (κ3) is 7.23. The van der Waals surface area contributed by atoms with Crippen LogP contribution in [0.1, 0.15) is 41.6 Å². The van der Waals surface area contributed by atoms with Gasteiger partial charge in [-0.15, -0.1) is 0 Å². The fourth-order valence-electron chi connectivity index (χ4n) is 3.53. The number of rotatable bonds is 11. The first-order valence-electron chi connectivity index (χ1n) is 10.8. The molecule has 3 rings (SSSR count). The Morgan fingerprint density at radius 3 is 2.68 bits per heavy atom. The Labute approximate surface area is 204 Å². The molecule has 0 radical (unpaired) electrons. The molecule has 2 aromatic rings. The number of carbonyl (C=O) groups is 2. The van der Waals surface area contributed by atoms with E-state index < -0.39 is 30.2 Å². The number of nitrogens with two attached hydrogens (primary N) is 1. The molecule has 0 spiro atoms. The van der Waals surface area contributed by atoms with Gasteiger partial charge in [0, 0.05) is 24.7 Å². The van der Waals surface area contributed by atoms with Crippen LogP contribution in [-0.4, -0.2) is 58.6 Å². The minimum absolute atomic E-state index is 0.0599. The molecule has 1 atom stereocenters. The lowest BCUT2D eigenvalue weighted by Gasteiger charge is -2.14. The summed E-state index contributed by atoms with van der Waals surface area (Å²) in [5, 5.41) is 14.7. The highest BCUT2D eigenvalue weighted by Gasteiger charge is 2.23. The van der Waals surface area contributed by atoms with Gasteiger partial charge in [0.05, 0.1) is 11.7 Å². The average molecular weight is 518 g/mol. The Hall–Kier alpha value is -2.54. The monoisotopic (exact) mass is 517 g/mol. The first kappa shape index (κ1) is 26.1. The predicted molar refractivity (Wildman–Crippen MR) is 124 cm³/mol. The summed E-state index contributed by atoms with van der Waals surface area (Å²) < 4.78 is 37.1. The van der Waals surface area contributed by atoms with E-state index in [4.69, 9.17) is 22.1 Å². The molecule has 3 amide bonds. The van der Waals surface area contributed by atoms with Crippen LogP contribution in [0.4, 0.5) is 18.6 Å². The van der Waals surface area contributed by atoms with E-state index in [1.165, 1.54) is 0 Å². The maximum absolute atomic E-state index is 13.9. The van der Waals surface area contributed by atoms with E-state index in [0.29, 0.717) is 13.1 Å². The maximum atomic E-state index is 13.9. The third-order valence-corrected chi connectivity index (χ3v) is 6.24. The Bertz CT molecular complexity index is 1000. The maximum Gasteiger partial charge on any atom is 0.319 e. The molecule has 0 aliphatic carbocycles. The first-order chi connectivity index (χ1) is 16.2. The van der Waals surface area contributed by atoms with E-state index in [9.17, 15) is 23.5 Å². The van der Waals surface area contributed by atoms with Gasteiger partial charge in [0.1, 0.15) is 28.8 Å². The lowest BCUT2D eigenvalue weighted by molar-refractivity contribution is 0.0996. The number of aliphatic hydroxyl groups is 1. The van der Waals surface area contributed by atoms with Crippen molar-refractivity contribution < 1.29 is 28.2 Å². The number of unbranched alkanes of at least 4 members (excludes halogenated alkanes) is 2. The molecule has 5 N–H and O–H groups in total. The van der Waals surface area contributed by atoms with E-state index in [-0.39, 0.29) is 33.1 Å². The largest absolute Gasteiger partial charge is 0.471 e. The standard InChI is InChI=1S/C21H26ClF2N5O4S/c22-12-8-15(23)14(16(24)9-12)11-33-19-17(18(25)31)20(34-28-19)27-21(32)26-5-2-1-3-6-29-7-4-13(30)10-29/h8-9,13,30H,1-7,10-11H2,(H2,25,31)(H2,26,27,32). The molecular weight excluding hydrogens is 492 g/mol. The number of nitrogens with one attached hydrogen (secondary N) is 2. The van der Waals surface area contributed by atoms with Crippen molar-refractivity contribution >= 4 is 40.1 Å². The SMILES string of the molecule is NC(=O)c1c(OCc2c(F)cc(Cl)cc2F)nsc1NC(=O)NCCCCCN1CCC(O)C1. The van der Waals surface area contributed by atoms with Crippen molar-refractivity contribution in [2.24, 2.45) is 5.73 Å². The summed E-state index contributed by atoms with van der Waals surface area (Å²) in [6, 6.07) is 1.33. The second kappa shape index (κ2) is 12.2. The Kier molecular flexibility index (Phi) is 9.39. The van der Waals surface area contributed by atoms with Crippen molar-refractivity contribution in [3.05, 3.63) is 39.9 Å². The van der Waals surface area contributed by atoms with Crippen LogP contribution in [0, 0.1) is 11.6 Å². The summed E-state index contributed by atoms with van der Waals surface area (Å²) in [6.45, 7) is 2.42. The highest BCUT2D eigenvalue weighted by molar-refractivity contribution is 7.11. The highest BCUT2D eigenvalue weighted by Crippen LogP contribution is 2.31. The zero-order chi connectivity index (χ0) is 24.7. The molecule has 0 saturated carbocycles. The number of aromatic nitrogens is 1. The molecular formula is C21H26ClF2N5O4S. The van der Waals surface area contributed by atoms with Crippen molar-refractivity contribution in [3.8, 4) is 5.88 Å². The minimum atomic E-state index is -0.914. The minimum Gasteiger partial charge on any atom is -0.471 e. The van der Waals surface area contributed by atoms with Crippen LogP contribution in [0.3, 0.4) is 0 Å². The van der Waals surface area contributed by atoms with Gasteiger partial charge in [-0.2, -0.15) is 4.37 Å². The summed E-state index contributed by atoms with van der Waals surface area (Å²) in [4.78, 5) is 26.3. The van der Waals surface area contributed by atoms with Crippen LogP contribution < -0.4 is 21.1 Å². The molecule has 186 valence electrons. The predicted octanol–water partition coefficient (Wildman–Crippen LogP) is 3.11. The molecule has 1 fully saturated rings. The van der Waals surface area contributed by atoms with Gasteiger partial charge in [-0.25, -0.2) is 13.6 Å². The summed E-state index contributed by atoms with van der Waals surface area (Å²) >= 11 is 6.36. The number of nitrogens with zero attached hydrogens (tertiary/aromatic N) is 2. The Balaban J connectivity index is 1.46. The van der Waals surface area contributed by atoms with Crippen molar-refractivity contribution in [2.75, 3.05) is 31.5 Å². The molecule has 1 aliphatic heterocycles. The van der Waals surface area contributed by atoms with E-state index in [2.05, 4.69) is 19.9 Å². The van der Waals surface area contributed by atoms with Gasteiger partial charge in [-0.05, 0) is 49.5 Å². The molecule has 34 heavy (non-hydrogen) atoms. The molecule has 1 saturated heterocycles. The van der Waals surface area contributed by atoms with E-state index in [1.54, 1.807) is 0 Å². The molecule has 0 bridgehead atoms. The number of amides is 3. The number of β-amino-alcohol motifs (C(OH)–C–C–N with tert-alkyl or cyclic N) is 1. The fourth-order valence-corrected chi connectivity index (χ4v) is 4.46. The van der Waals surface area contributed by atoms with Gasteiger partial charge >= 0.3 is 6.03 Å². The summed E-state index contributed by atoms with van der Waals surface area (Å²) in [7, 11) is 0. The van der Waals surface area contributed by atoms with Gasteiger partial charge in [-0.1, -0.05) is 18.0 Å². The molecule has 1 aromatic heterocycles. The average Bonchev–Trinajstić information content (AvgIpc) is 3.35. The number of urea groups is 1. The number of carbonyl (C=O) groups excluding carboxylic acids is 2. The fraction of sp³-hybridized carbons (Fsp3) is 0.476. The quantitative estimate of drug-likeness (QED) is 0.339. The summed E-state index contributed by atoms with van der Waals surface area (Å²) in [5.41, 5.74) is 4.81. The molecule has 1 aromatic carbocycles. The second-order valence-electron chi connectivity index (χ2n) is 7.88. The van der Waals surface area contributed by atoms with Gasteiger partial charge < -0.3 is 25.8 Å². The summed E-state index contributed by atoms with van der Waals surface area (Å²) in [6.07, 6.45) is 3.23. The molecule has 2 heterocycles.